The van der Waals surface area contributed by atoms with Gasteiger partial charge in [0.1, 0.15) is 4.88 Å². The Kier molecular flexibility index (Phi) is 5.61. The van der Waals surface area contributed by atoms with E-state index in [4.69, 9.17) is 5.73 Å². The van der Waals surface area contributed by atoms with E-state index >= 15 is 0 Å². The van der Waals surface area contributed by atoms with Crippen molar-refractivity contribution in [1.82, 2.24) is 5.32 Å². The number of amides is 1. The smallest absolute Gasteiger partial charge is 0.324 e. The largest absolute Gasteiger partial charge is 0.397 e. The summed E-state index contributed by atoms with van der Waals surface area (Å²) in [4.78, 5) is 11.8. The topological polar surface area (TPSA) is 67.2 Å². The maximum atomic E-state index is 12.7. The van der Waals surface area contributed by atoms with Crippen molar-refractivity contribution in [3.63, 3.8) is 0 Å². The lowest BCUT2D eigenvalue weighted by atomic mass is 10.3. The second kappa shape index (κ2) is 6.78. The molecule has 0 aromatic carbocycles. The molecule has 0 aliphatic rings. The zero-order valence-corrected chi connectivity index (χ0v) is 11.5. The van der Waals surface area contributed by atoms with Crippen LogP contribution >= 0.6 is 11.3 Å². The van der Waals surface area contributed by atoms with Crippen LogP contribution in [0.25, 0.3) is 0 Å². The fourth-order valence-electron chi connectivity index (χ4n) is 1.27. The highest BCUT2D eigenvalue weighted by Crippen LogP contribution is 2.31. The molecule has 0 radical (unpaired) electrons. The third-order valence-electron chi connectivity index (χ3n) is 2.32. The minimum atomic E-state index is -4.14. The highest BCUT2D eigenvalue weighted by atomic mass is 32.1. The lowest BCUT2D eigenvalue weighted by Crippen LogP contribution is -2.34. The minimum absolute atomic E-state index is 0.117. The molecule has 1 aromatic heterocycles. The second-order valence-electron chi connectivity index (χ2n) is 4.07. The summed E-state index contributed by atoms with van der Waals surface area (Å²) in [7, 11) is 0. The number of anilines is 2. The Morgan fingerprint density at radius 1 is 1.50 bits per heavy atom. The number of nitrogens with one attached hydrogen (secondary N) is 2. The number of rotatable bonds is 7. The van der Waals surface area contributed by atoms with Crippen molar-refractivity contribution in [1.29, 1.82) is 0 Å². The molecule has 20 heavy (non-hydrogen) atoms. The van der Waals surface area contributed by atoms with Gasteiger partial charge in [-0.3, -0.25) is 4.79 Å². The summed E-state index contributed by atoms with van der Waals surface area (Å²) in [5.41, 5.74) is 5.70. The zero-order valence-electron chi connectivity index (χ0n) is 10.7. The van der Waals surface area contributed by atoms with Crippen LogP contribution < -0.4 is 16.4 Å². The average molecular weight is 313 g/mol. The van der Waals surface area contributed by atoms with Crippen molar-refractivity contribution in [2.75, 3.05) is 24.1 Å². The number of carbonyl (C=O) groups is 1. The molecule has 114 valence electrons. The summed E-state index contributed by atoms with van der Waals surface area (Å²) in [6, 6.07) is 1.27. The van der Waals surface area contributed by atoms with Crippen LogP contribution in [0.3, 0.4) is 0 Å². The van der Waals surface area contributed by atoms with Gasteiger partial charge in [-0.2, -0.15) is 8.78 Å². The molecule has 0 aliphatic heterocycles. The zero-order chi connectivity index (χ0) is 15.3. The van der Waals surface area contributed by atoms with Gasteiger partial charge in [0, 0.05) is 6.54 Å². The second-order valence-corrected chi connectivity index (χ2v) is 5.12. The van der Waals surface area contributed by atoms with Gasteiger partial charge in [0.2, 0.25) is 0 Å². The van der Waals surface area contributed by atoms with Crippen LogP contribution in [-0.4, -0.2) is 31.3 Å². The van der Waals surface area contributed by atoms with Crippen LogP contribution in [-0.2, 0) is 0 Å². The van der Waals surface area contributed by atoms with Crippen molar-refractivity contribution in [2.24, 2.45) is 0 Å². The predicted octanol–water partition coefficient (Wildman–Crippen LogP) is 2.78. The van der Waals surface area contributed by atoms with E-state index in [1.165, 1.54) is 6.07 Å². The number of carbonyl (C=O) groups excluding carboxylic acids is 1. The monoisotopic (exact) mass is 313 g/mol. The van der Waals surface area contributed by atoms with E-state index in [0.717, 1.165) is 17.8 Å². The van der Waals surface area contributed by atoms with Crippen molar-refractivity contribution in [2.45, 2.75) is 25.7 Å². The van der Waals surface area contributed by atoms with Gasteiger partial charge < -0.3 is 16.4 Å². The Morgan fingerprint density at radius 3 is 2.70 bits per heavy atom. The molecule has 9 heteroatoms. The van der Waals surface area contributed by atoms with E-state index in [2.05, 4.69) is 10.6 Å². The number of nitrogen functional groups attached to an aromatic ring is 1. The van der Waals surface area contributed by atoms with Gasteiger partial charge in [0.25, 0.3) is 5.91 Å². The predicted molar refractivity (Wildman–Crippen MR) is 70.8 cm³/mol. The van der Waals surface area contributed by atoms with Gasteiger partial charge in [-0.05, 0) is 12.5 Å². The summed E-state index contributed by atoms with van der Waals surface area (Å²) in [5.74, 6) is -4.55. The number of hydrogen-bond acceptors (Lipinski definition) is 4. The minimum Gasteiger partial charge on any atom is -0.397 e. The lowest BCUT2D eigenvalue weighted by Gasteiger charge is -2.15. The lowest BCUT2D eigenvalue weighted by molar-refractivity contribution is -0.117. The fraction of sp³-hybridized carbons (Fsp3) is 0.545. The molecular weight excluding hydrogens is 298 g/mol. The van der Waals surface area contributed by atoms with Crippen molar-refractivity contribution < 1.29 is 22.4 Å². The molecule has 0 fully saturated rings. The van der Waals surface area contributed by atoms with E-state index < -0.39 is 24.8 Å². The molecule has 1 amide bonds. The van der Waals surface area contributed by atoms with Gasteiger partial charge in [-0.1, -0.05) is 6.92 Å². The molecule has 0 atom stereocenters. The van der Waals surface area contributed by atoms with Gasteiger partial charge in [0.05, 0.1) is 17.2 Å². The Bertz CT molecular complexity index is 465. The summed E-state index contributed by atoms with van der Waals surface area (Å²) in [6.45, 7) is 1.11. The molecule has 0 saturated heterocycles. The molecule has 0 unspecified atom stereocenters. The normalized spacial score (nSPS) is 11.7. The van der Waals surface area contributed by atoms with Crippen LogP contribution in [0.5, 0.6) is 0 Å². The summed E-state index contributed by atoms with van der Waals surface area (Å²) in [6.07, 6.45) is -3.01. The fourth-order valence-corrected chi connectivity index (χ4v) is 2.16. The maximum absolute atomic E-state index is 12.7. The molecule has 0 bridgehead atoms. The number of thiophene rings is 1. The Balaban J connectivity index is 2.68. The first-order valence-electron chi connectivity index (χ1n) is 5.85. The maximum Gasteiger partial charge on any atom is 0.324 e. The van der Waals surface area contributed by atoms with Gasteiger partial charge >= 0.3 is 12.3 Å². The Hall–Kier alpha value is -1.51. The van der Waals surface area contributed by atoms with Gasteiger partial charge in [-0.25, -0.2) is 8.78 Å². The van der Waals surface area contributed by atoms with Crippen molar-refractivity contribution in [3.05, 3.63) is 10.9 Å². The van der Waals surface area contributed by atoms with Gasteiger partial charge in [-0.15, -0.1) is 11.3 Å². The van der Waals surface area contributed by atoms with Crippen LogP contribution in [0, 0.1) is 0 Å². The number of nitrogens with two attached hydrogens (primary N) is 1. The van der Waals surface area contributed by atoms with Crippen LogP contribution in [0.1, 0.15) is 23.0 Å². The first-order valence-corrected chi connectivity index (χ1v) is 6.67. The first kappa shape index (κ1) is 16.5. The molecule has 1 rings (SSSR count). The van der Waals surface area contributed by atoms with Crippen LogP contribution in [0.4, 0.5) is 28.3 Å². The van der Waals surface area contributed by atoms with Crippen LogP contribution in [0.15, 0.2) is 6.07 Å². The third kappa shape index (κ3) is 4.26. The average Bonchev–Trinajstić information content (AvgIpc) is 2.75. The SMILES string of the molecule is CCCNC(=O)c1sc(NCC(F)(F)C(F)F)cc1N. The standard InChI is InChI=1S/C11H15F4N3OS/c1-2-3-17-9(19)8-6(16)4-7(20-8)18-5-11(14,15)10(12)13/h4,10,18H,2-3,5,16H2,1H3,(H,17,19). The van der Waals surface area contributed by atoms with E-state index in [0.29, 0.717) is 6.54 Å². The quantitative estimate of drug-likeness (QED) is 0.678. The van der Waals surface area contributed by atoms with E-state index in [-0.39, 0.29) is 15.6 Å². The van der Waals surface area contributed by atoms with Crippen molar-refractivity contribution >= 4 is 27.9 Å². The molecule has 4 nitrogen and oxygen atoms in total. The molecule has 1 aromatic rings. The highest BCUT2D eigenvalue weighted by Gasteiger charge is 2.40. The number of alkyl halides is 4. The molecule has 0 spiro atoms. The molecule has 0 saturated carbocycles. The number of hydrogen-bond donors (Lipinski definition) is 3. The molecule has 1 heterocycles. The Morgan fingerprint density at radius 2 is 2.15 bits per heavy atom. The summed E-state index contributed by atoms with van der Waals surface area (Å²) < 4.78 is 49.5. The third-order valence-corrected chi connectivity index (χ3v) is 3.43. The van der Waals surface area contributed by atoms with E-state index in [9.17, 15) is 22.4 Å². The van der Waals surface area contributed by atoms with Gasteiger partial charge in [0.15, 0.2) is 0 Å². The summed E-state index contributed by atoms with van der Waals surface area (Å²) >= 11 is 0.844. The van der Waals surface area contributed by atoms with Crippen LogP contribution in [0.2, 0.25) is 0 Å². The molecular formula is C11H15F4N3OS. The molecule has 0 aliphatic carbocycles. The Labute approximate surface area is 117 Å². The summed E-state index contributed by atoms with van der Waals surface area (Å²) in [5, 5.41) is 4.90. The van der Waals surface area contributed by atoms with Crippen molar-refractivity contribution in [3.8, 4) is 0 Å². The highest BCUT2D eigenvalue weighted by molar-refractivity contribution is 7.18. The molecule has 4 N–H and O–H groups in total. The van der Waals surface area contributed by atoms with E-state index in [1.54, 1.807) is 0 Å². The number of halogens is 4. The van der Waals surface area contributed by atoms with E-state index in [1.807, 2.05) is 6.92 Å². The first-order chi connectivity index (χ1) is 9.27.